The first-order valence-electron chi connectivity index (χ1n) is 6.44. The van der Waals surface area contributed by atoms with Gasteiger partial charge in [-0.2, -0.15) is 0 Å². The van der Waals surface area contributed by atoms with E-state index in [0.29, 0.717) is 12.5 Å². The lowest BCUT2D eigenvalue weighted by molar-refractivity contribution is 0.357. The second-order valence-corrected chi connectivity index (χ2v) is 7.10. The van der Waals surface area contributed by atoms with Gasteiger partial charge in [0.25, 0.3) is 0 Å². The fourth-order valence-corrected chi connectivity index (χ4v) is 3.72. The van der Waals surface area contributed by atoms with Gasteiger partial charge in [-0.15, -0.1) is 0 Å². The van der Waals surface area contributed by atoms with Gasteiger partial charge in [-0.25, -0.2) is 17.5 Å². The summed E-state index contributed by atoms with van der Waals surface area (Å²) in [7, 11) is -3.79. The van der Waals surface area contributed by atoms with E-state index in [9.17, 15) is 12.8 Å². The molecule has 0 saturated heterocycles. The molecule has 0 aliphatic heterocycles. The van der Waals surface area contributed by atoms with Crippen molar-refractivity contribution in [2.75, 3.05) is 6.54 Å². The molecule has 106 valence electrons. The van der Waals surface area contributed by atoms with E-state index >= 15 is 0 Å². The van der Waals surface area contributed by atoms with Crippen molar-refractivity contribution in [2.24, 2.45) is 5.92 Å². The first kappa shape index (κ1) is 14.8. The fraction of sp³-hybridized carbons (Fsp3) is 0.538. The van der Waals surface area contributed by atoms with Crippen molar-refractivity contribution in [1.29, 1.82) is 0 Å². The van der Waals surface area contributed by atoms with Crippen molar-refractivity contribution in [3.63, 3.8) is 0 Å². The number of hydrogen-bond donors (Lipinski definition) is 1. The van der Waals surface area contributed by atoms with Gasteiger partial charge in [-0.1, -0.05) is 30.9 Å². The summed E-state index contributed by atoms with van der Waals surface area (Å²) in [6, 6.07) is 3.58. The first-order valence-corrected chi connectivity index (χ1v) is 8.30. The van der Waals surface area contributed by atoms with Gasteiger partial charge in [-0.05, 0) is 37.0 Å². The molecule has 1 saturated carbocycles. The number of benzene rings is 1. The van der Waals surface area contributed by atoms with E-state index in [4.69, 9.17) is 11.6 Å². The monoisotopic (exact) mass is 305 g/mol. The highest BCUT2D eigenvalue weighted by Crippen LogP contribution is 2.24. The van der Waals surface area contributed by atoms with Crippen LogP contribution in [0.5, 0.6) is 0 Å². The van der Waals surface area contributed by atoms with Gasteiger partial charge in [0, 0.05) is 11.6 Å². The molecule has 1 aliphatic rings. The average Bonchev–Trinajstić information content (AvgIpc) is 2.37. The second kappa shape index (κ2) is 6.20. The van der Waals surface area contributed by atoms with Gasteiger partial charge in [0.15, 0.2) is 0 Å². The Morgan fingerprint density at radius 2 is 1.95 bits per heavy atom. The molecule has 1 aliphatic carbocycles. The number of nitrogens with one attached hydrogen (secondary N) is 1. The lowest BCUT2D eigenvalue weighted by Gasteiger charge is -2.21. The molecular weight excluding hydrogens is 289 g/mol. The normalized spacial score (nSPS) is 17.6. The Kier molecular flexibility index (Phi) is 4.81. The zero-order valence-electron chi connectivity index (χ0n) is 10.5. The van der Waals surface area contributed by atoms with Crippen molar-refractivity contribution >= 4 is 21.6 Å². The highest BCUT2D eigenvalue weighted by atomic mass is 35.5. The van der Waals surface area contributed by atoms with Crippen molar-refractivity contribution in [1.82, 2.24) is 4.72 Å². The summed E-state index contributed by atoms with van der Waals surface area (Å²) in [5.74, 6) is -0.456. The summed E-state index contributed by atoms with van der Waals surface area (Å²) in [6.45, 7) is 0.379. The molecule has 0 spiro atoms. The highest BCUT2D eigenvalue weighted by molar-refractivity contribution is 7.89. The zero-order valence-corrected chi connectivity index (χ0v) is 12.1. The minimum Gasteiger partial charge on any atom is -0.211 e. The second-order valence-electron chi connectivity index (χ2n) is 4.93. The number of hydrogen-bond acceptors (Lipinski definition) is 2. The van der Waals surface area contributed by atoms with Crippen LogP contribution >= 0.6 is 11.6 Å². The zero-order chi connectivity index (χ0) is 13.9. The van der Waals surface area contributed by atoms with Gasteiger partial charge < -0.3 is 0 Å². The molecule has 2 rings (SSSR count). The summed E-state index contributed by atoms with van der Waals surface area (Å²) < 4.78 is 40.1. The van der Waals surface area contributed by atoms with Gasteiger partial charge in [-0.3, -0.25) is 0 Å². The standard InChI is InChI=1S/C13H17ClFNO2S/c14-11-6-7-13(12(15)8-11)19(17,18)16-9-10-4-2-1-3-5-10/h6-8,10,16H,1-5,9H2. The first-order chi connectivity index (χ1) is 8.99. The molecular formula is C13H17ClFNO2S. The third-order valence-electron chi connectivity index (χ3n) is 3.47. The largest absolute Gasteiger partial charge is 0.243 e. The summed E-state index contributed by atoms with van der Waals surface area (Å²) in [5.41, 5.74) is 0. The van der Waals surface area contributed by atoms with Crippen LogP contribution in [-0.2, 0) is 10.0 Å². The van der Waals surface area contributed by atoms with Crippen LogP contribution < -0.4 is 4.72 Å². The Labute approximate surface area is 118 Å². The molecule has 0 amide bonds. The van der Waals surface area contributed by atoms with Crippen LogP contribution in [-0.4, -0.2) is 15.0 Å². The highest BCUT2D eigenvalue weighted by Gasteiger charge is 2.21. The summed E-state index contributed by atoms with van der Waals surface area (Å²) in [5, 5.41) is 0.184. The van der Waals surface area contributed by atoms with E-state index in [0.717, 1.165) is 31.7 Å². The molecule has 3 nitrogen and oxygen atoms in total. The Morgan fingerprint density at radius 3 is 2.58 bits per heavy atom. The van der Waals surface area contributed by atoms with Crippen LogP contribution in [0.2, 0.25) is 5.02 Å². The Balaban J connectivity index is 2.05. The molecule has 0 radical (unpaired) electrons. The maximum absolute atomic E-state index is 13.6. The van der Waals surface area contributed by atoms with Crippen LogP contribution in [0.3, 0.4) is 0 Å². The number of rotatable bonds is 4. The van der Waals surface area contributed by atoms with Gasteiger partial charge in [0.05, 0.1) is 0 Å². The lowest BCUT2D eigenvalue weighted by atomic mass is 9.90. The molecule has 1 aromatic carbocycles. The predicted octanol–water partition coefficient (Wildman–Crippen LogP) is 3.34. The van der Waals surface area contributed by atoms with Crippen LogP contribution in [0.1, 0.15) is 32.1 Å². The van der Waals surface area contributed by atoms with E-state index in [1.54, 1.807) is 0 Å². The van der Waals surface area contributed by atoms with Crippen molar-refractivity contribution in [3.05, 3.63) is 29.0 Å². The number of halogens is 2. The SMILES string of the molecule is O=S(=O)(NCC1CCCCC1)c1ccc(Cl)cc1F. The number of sulfonamides is 1. The molecule has 0 bridgehead atoms. The minimum absolute atomic E-state index is 0.184. The van der Waals surface area contributed by atoms with E-state index in [1.807, 2.05) is 0 Å². The topological polar surface area (TPSA) is 46.2 Å². The molecule has 19 heavy (non-hydrogen) atoms. The molecule has 1 N–H and O–H groups in total. The van der Waals surface area contributed by atoms with E-state index in [1.165, 1.54) is 18.6 Å². The fourth-order valence-electron chi connectivity index (χ4n) is 2.39. The third-order valence-corrected chi connectivity index (χ3v) is 5.16. The average molecular weight is 306 g/mol. The van der Waals surface area contributed by atoms with Gasteiger partial charge in [0.1, 0.15) is 10.7 Å². The van der Waals surface area contributed by atoms with E-state index < -0.39 is 15.8 Å². The molecule has 0 heterocycles. The molecule has 6 heteroatoms. The van der Waals surface area contributed by atoms with E-state index in [-0.39, 0.29) is 9.92 Å². The molecule has 1 aromatic rings. The maximum Gasteiger partial charge on any atom is 0.243 e. The third kappa shape index (κ3) is 3.91. The molecule has 0 atom stereocenters. The van der Waals surface area contributed by atoms with Gasteiger partial charge >= 0.3 is 0 Å². The van der Waals surface area contributed by atoms with Crippen molar-refractivity contribution < 1.29 is 12.8 Å². The van der Waals surface area contributed by atoms with Crippen LogP contribution in [0.15, 0.2) is 23.1 Å². The predicted molar refractivity (Wildman–Crippen MR) is 73.2 cm³/mol. The Hall–Kier alpha value is -0.650. The molecule has 0 aromatic heterocycles. The maximum atomic E-state index is 13.6. The molecule has 1 fully saturated rings. The quantitative estimate of drug-likeness (QED) is 0.927. The Morgan fingerprint density at radius 1 is 1.26 bits per heavy atom. The van der Waals surface area contributed by atoms with Crippen molar-refractivity contribution in [3.8, 4) is 0 Å². The molecule has 0 unspecified atom stereocenters. The van der Waals surface area contributed by atoms with Crippen LogP contribution in [0.4, 0.5) is 4.39 Å². The van der Waals surface area contributed by atoms with Gasteiger partial charge in [0.2, 0.25) is 10.0 Å². The lowest BCUT2D eigenvalue weighted by Crippen LogP contribution is -2.30. The summed E-state index contributed by atoms with van der Waals surface area (Å²) in [6.07, 6.45) is 5.57. The smallest absolute Gasteiger partial charge is 0.211 e. The van der Waals surface area contributed by atoms with Crippen molar-refractivity contribution in [2.45, 2.75) is 37.0 Å². The van der Waals surface area contributed by atoms with Crippen LogP contribution in [0, 0.1) is 11.7 Å². The van der Waals surface area contributed by atoms with E-state index in [2.05, 4.69) is 4.72 Å². The van der Waals surface area contributed by atoms with Crippen LogP contribution in [0.25, 0.3) is 0 Å². The minimum atomic E-state index is -3.79. The summed E-state index contributed by atoms with van der Waals surface area (Å²) >= 11 is 5.61. The Bertz CT molecular complexity index is 542. The summed E-state index contributed by atoms with van der Waals surface area (Å²) in [4.78, 5) is -0.340.